The number of rotatable bonds is 7. The molecule has 0 saturated carbocycles. The number of hydrazine groups is 1. The minimum Gasteiger partial charge on any atom is -0.380 e. The normalized spacial score (nSPS) is 10.9. The topological polar surface area (TPSA) is 81.7 Å². The summed E-state index contributed by atoms with van der Waals surface area (Å²) in [6, 6.07) is 17.3. The zero-order valence-corrected chi connectivity index (χ0v) is 15.8. The fourth-order valence-corrected chi connectivity index (χ4v) is 2.90. The Morgan fingerprint density at radius 2 is 1.44 bits per heavy atom. The smallest absolute Gasteiger partial charge is 0.345 e. The summed E-state index contributed by atoms with van der Waals surface area (Å²) >= 11 is 0. The first-order chi connectivity index (χ1) is 13.0. The van der Waals surface area contributed by atoms with Crippen LogP contribution in [-0.2, 0) is 4.79 Å². The van der Waals surface area contributed by atoms with Gasteiger partial charge in [0, 0.05) is 5.69 Å². The minimum absolute atomic E-state index is 0.329. The van der Waals surface area contributed by atoms with Crippen molar-refractivity contribution in [1.29, 1.82) is 0 Å². The highest BCUT2D eigenvalue weighted by Crippen LogP contribution is 2.21. The van der Waals surface area contributed by atoms with Gasteiger partial charge in [-0.3, -0.25) is 10.2 Å². The lowest BCUT2D eigenvalue weighted by atomic mass is 9.92. The standard InChI is InChI=1S/C21H27N3O3/c1-3-15-21(27,16-4-2)19(25)23-24(18-13-9-6-10-14-18)20(26)22-17-11-7-5-8-12-17/h5-14,27H,3-4,15-16H2,1-2H3,(H,22,26)(H,23,25). The third kappa shape index (κ3) is 5.56. The van der Waals surface area contributed by atoms with Crippen LogP contribution in [0.4, 0.5) is 16.2 Å². The monoisotopic (exact) mass is 369 g/mol. The van der Waals surface area contributed by atoms with Gasteiger partial charge in [-0.15, -0.1) is 0 Å². The van der Waals surface area contributed by atoms with Gasteiger partial charge in [0.2, 0.25) is 0 Å². The number of aliphatic hydroxyl groups is 1. The Morgan fingerprint density at radius 1 is 0.926 bits per heavy atom. The molecule has 0 saturated heterocycles. The number of hydrogen-bond acceptors (Lipinski definition) is 3. The third-order valence-electron chi connectivity index (χ3n) is 4.21. The zero-order chi connectivity index (χ0) is 19.7. The van der Waals surface area contributed by atoms with E-state index >= 15 is 0 Å². The maximum Gasteiger partial charge on any atom is 0.345 e. The van der Waals surface area contributed by atoms with Crippen molar-refractivity contribution in [2.75, 3.05) is 10.3 Å². The molecule has 0 aliphatic heterocycles. The van der Waals surface area contributed by atoms with E-state index in [1.807, 2.05) is 38.1 Å². The molecule has 0 aromatic heterocycles. The lowest BCUT2D eigenvalue weighted by molar-refractivity contribution is -0.141. The summed E-state index contributed by atoms with van der Waals surface area (Å²) in [7, 11) is 0. The Labute approximate surface area is 160 Å². The Bertz CT molecular complexity index is 729. The van der Waals surface area contributed by atoms with Crippen LogP contribution in [0.5, 0.6) is 0 Å². The van der Waals surface area contributed by atoms with Crippen molar-refractivity contribution in [3.63, 3.8) is 0 Å². The summed E-state index contributed by atoms with van der Waals surface area (Å²) in [6.07, 6.45) is 1.97. The van der Waals surface area contributed by atoms with Crippen LogP contribution < -0.4 is 15.8 Å². The Morgan fingerprint density at radius 3 is 1.96 bits per heavy atom. The molecule has 0 spiro atoms. The molecule has 0 radical (unpaired) electrons. The lowest BCUT2D eigenvalue weighted by Crippen LogP contribution is -2.56. The van der Waals surface area contributed by atoms with Crippen molar-refractivity contribution in [3.8, 4) is 0 Å². The number of anilines is 2. The molecule has 0 aliphatic rings. The first-order valence-electron chi connectivity index (χ1n) is 9.25. The summed E-state index contributed by atoms with van der Waals surface area (Å²) in [5.41, 5.74) is 2.19. The fraction of sp³-hybridized carbons (Fsp3) is 0.333. The van der Waals surface area contributed by atoms with E-state index in [9.17, 15) is 14.7 Å². The number of nitrogens with one attached hydrogen (secondary N) is 2. The molecule has 2 aromatic rings. The van der Waals surface area contributed by atoms with Crippen LogP contribution in [0.25, 0.3) is 0 Å². The molecule has 0 aliphatic carbocycles. The van der Waals surface area contributed by atoms with Crippen LogP contribution in [0.1, 0.15) is 39.5 Å². The highest BCUT2D eigenvalue weighted by molar-refractivity contribution is 6.04. The molecule has 0 fully saturated rings. The van der Waals surface area contributed by atoms with Gasteiger partial charge in [0.15, 0.2) is 0 Å². The highest BCUT2D eigenvalue weighted by atomic mass is 16.3. The van der Waals surface area contributed by atoms with Crippen molar-refractivity contribution in [3.05, 3.63) is 60.7 Å². The summed E-state index contributed by atoms with van der Waals surface area (Å²) in [5, 5.41) is 14.7. The zero-order valence-electron chi connectivity index (χ0n) is 15.8. The summed E-state index contributed by atoms with van der Waals surface area (Å²) in [5.74, 6) is -0.585. The van der Waals surface area contributed by atoms with Crippen LogP contribution in [0, 0.1) is 0 Å². The van der Waals surface area contributed by atoms with Gasteiger partial charge in [0.05, 0.1) is 5.69 Å². The third-order valence-corrected chi connectivity index (χ3v) is 4.21. The average Bonchev–Trinajstić information content (AvgIpc) is 2.67. The molecule has 2 rings (SSSR count). The number of carbonyl (C=O) groups is 2. The number of para-hydroxylation sites is 2. The van der Waals surface area contributed by atoms with Gasteiger partial charge in [-0.25, -0.2) is 9.80 Å². The predicted octanol–water partition coefficient (Wildman–Crippen LogP) is 4.09. The van der Waals surface area contributed by atoms with Crippen molar-refractivity contribution in [2.45, 2.75) is 45.1 Å². The molecular weight excluding hydrogens is 342 g/mol. The maximum absolute atomic E-state index is 12.8. The molecule has 6 nitrogen and oxygen atoms in total. The van der Waals surface area contributed by atoms with Gasteiger partial charge in [0.25, 0.3) is 5.91 Å². The van der Waals surface area contributed by atoms with Crippen LogP contribution in [-0.4, -0.2) is 22.6 Å². The number of nitrogens with zero attached hydrogens (tertiary/aromatic N) is 1. The minimum atomic E-state index is -1.51. The van der Waals surface area contributed by atoms with Crippen LogP contribution in [0.15, 0.2) is 60.7 Å². The molecule has 27 heavy (non-hydrogen) atoms. The molecule has 144 valence electrons. The van der Waals surface area contributed by atoms with E-state index in [1.165, 1.54) is 0 Å². The molecular formula is C21H27N3O3. The second-order valence-electron chi connectivity index (χ2n) is 6.44. The van der Waals surface area contributed by atoms with Gasteiger partial charge in [-0.1, -0.05) is 63.1 Å². The van der Waals surface area contributed by atoms with E-state index in [-0.39, 0.29) is 0 Å². The fourth-order valence-electron chi connectivity index (χ4n) is 2.90. The molecule has 3 N–H and O–H groups in total. The van der Waals surface area contributed by atoms with Gasteiger partial charge in [-0.2, -0.15) is 0 Å². The average molecular weight is 369 g/mol. The van der Waals surface area contributed by atoms with Crippen LogP contribution in [0.3, 0.4) is 0 Å². The maximum atomic E-state index is 12.8. The summed E-state index contributed by atoms with van der Waals surface area (Å²) < 4.78 is 0. The van der Waals surface area contributed by atoms with Gasteiger partial charge in [-0.05, 0) is 37.1 Å². The second kappa shape index (κ2) is 9.73. The van der Waals surface area contributed by atoms with Crippen LogP contribution >= 0.6 is 0 Å². The van der Waals surface area contributed by atoms with E-state index < -0.39 is 17.5 Å². The van der Waals surface area contributed by atoms with E-state index in [0.29, 0.717) is 37.1 Å². The molecule has 0 heterocycles. The Kier molecular flexibility index (Phi) is 7.37. The largest absolute Gasteiger partial charge is 0.380 e. The molecule has 0 atom stereocenters. The van der Waals surface area contributed by atoms with Crippen molar-refractivity contribution in [2.24, 2.45) is 0 Å². The van der Waals surface area contributed by atoms with E-state index in [0.717, 1.165) is 5.01 Å². The highest BCUT2D eigenvalue weighted by Gasteiger charge is 2.36. The Balaban J connectivity index is 2.25. The first-order valence-corrected chi connectivity index (χ1v) is 9.25. The molecule has 6 heteroatoms. The number of amides is 3. The van der Waals surface area contributed by atoms with Crippen LogP contribution in [0.2, 0.25) is 0 Å². The number of benzene rings is 2. The Hall–Kier alpha value is -2.86. The number of hydrogen-bond donors (Lipinski definition) is 3. The van der Waals surface area contributed by atoms with Gasteiger partial charge in [0.1, 0.15) is 5.60 Å². The summed E-state index contributed by atoms with van der Waals surface area (Å²) in [6.45, 7) is 3.82. The van der Waals surface area contributed by atoms with Gasteiger partial charge < -0.3 is 10.4 Å². The summed E-state index contributed by atoms with van der Waals surface area (Å²) in [4.78, 5) is 25.6. The molecule has 3 amide bonds. The second-order valence-corrected chi connectivity index (χ2v) is 6.44. The predicted molar refractivity (Wildman–Crippen MR) is 107 cm³/mol. The van der Waals surface area contributed by atoms with Crippen molar-refractivity contribution in [1.82, 2.24) is 5.43 Å². The molecule has 0 unspecified atom stereocenters. The first kappa shape index (κ1) is 20.5. The van der Waals surface area contributed by atoms with Gasteiger partial charge >= 0.3 is 6.03 Å². The van der Waals surface area contributed by atoms with Crippen molar-refractivity contribution >= 4 is 23.3 Å². The quantitative estimate of drug-likeness (QED) is 0.643. The van der Waals surface area contributed by atoms with E-state index in [1.54, 1.807) is 36.4 Å². The molecule has 0 bridgehead atoms. The van der Waals surface area contributed by atoms with E-state index in [2.05, 4.69) is 10.7 Å². The van der Waals surface area contributed by atoms with Crippen molar-refractivity contribution < 1.29 is 14.7 Å². The van der Waals surface area contributed by atoms with E-state index in [4.69, 9.17) is 0 Å². The number of urea groups is 1. The molecule has 2 aromatic carbocycles. The SMILES string of the molecule is CCCC(O)(CCC)C(=O)NN(C(=O)Nc1ccccc1)c1ccccc1. The lowest BCUT2D eigenvalue weighted by Gasteiger charge is -2.31. The number of carbonyl (C=O) groups excluding carboxylic acids is 2.